The molecule has 0 amide bonds. The van der Waals surface area contributed by atoms with Crippen LogP contribution in [0.5, 0.6) is 23.0 Å². The number of hydrogen-bond acceptors (Lipinski definition) is 12. The summed E-state index contributed by atoms with van der Waals surface area (Å²) in [5.74, 6) is 3.34. The molecule has 12 aromatic carbocycles. The van der Waals surface area contributed by atoms with Gasteiger partial charge in [0.2, 0.25) is 0 Å². The van der Waals surface area contributed by atoms with E-state index in [0.717, 1.165) is 331 Å². The normalized spacial score (nSPS) is 16.0. The first-order valence-corrected chi connectivity index (χ1v) is 47.5. The first kappa shape index (κ1) is 86.0. The van der Waals surface area contributed by atoms with Gasteiger partial charge in [0.05, 0.1) is 82.8 Å². The van der Waals surface area contributed by atoms with Gasteiger partial charge in [0.1, 0.15) is 0 Å². The van der Waals surface area contributed by atoms with Gasteiger partial charge in [0.15, 0.2) is 23.0 Å². The quantitative estimate of drug-likeness (QED) is 0.0300. The van der Waals surface area contributed by atoms with E-state index < -0.39 is 0 Å². The first-order valence-electron chi connectivity index (χ1n) is 44.5. The van der Waals surface area contributed by atoms with Crippen LogP contribution < -0.4 is 35.3 Å². The van der Waals surface area contributed by atoms with Crippen LogP contribution in [0.25, 0.3) is 174 Å². The van der Waals surface area contributed by atoms with Gasteiger partial charge in [-0.3, -0.25) is 4.90 Å². The topological polar surface area (TPSA) is 263 Å². The number of aliphatic hydroxyl groups is 2. The van der Waals surface area contributed by atoms with Gasteiger partial charge in [0.25, 0.3) is 0 Å². The fourth-order valence-corrected chi connectivity index (χ4v) is 21.0. The van der Waals surface area contributed by atoms with Gasteiger partial charge in [-0.05, 0) is 254 Å². The zero-order valence-corrected chi connectivity index (χ0v) is 76.7. The number of benzene rings is 12. The van der Waals surface area contributed by atoms with E-state index in [1.54, 1.807) is 0 Å². The van der Waals surface area contributed by atoms with Crippen LogP contribution in [-0.2, 0) is 0 Å². The van der Waals surface area contributed by atoms with Crippen LogP contribution in [0.2, 0.25) is 40.2 Å². The molecule has 662 valence electrons. The molecule has 0 saturated carbocycles. The Labute approximate surface area is 781 Å². The van der Waals surface area contributed by atoms with Crippen molar-refractivity contribution in [1.82, 2.24) is 65.2 Å². The summed E-state index contributed by atoms with van der Waals surface area (Å²) < 4.78 is 25.8. The van der Waals surface area contributed by atoms with E-state index in [1.807, 2.05) is 146 Å². The predicted octanol–water partition coefficient (Wildman–Crippen LogP) is 24.6. The Hall–Kier alpha value is -9.76. The minimum Gasteiger partial charge on any atom is -0.489 e. The molecule has 1 unspecified atom stereocenters. The Balaban J connectivity index is 0.000000104. The fraction of sp³-hybridized carbons (Fsp3) is 0.287. The maximum absolute atomic E-state index is 9.73. The fourth-order valence-electron chi connectivity index (χ4n) is 19.7. The number of likely N-dealkylation sites (tertiary alicyclic amines) is 3. The molecule has 1 atom stereocenters. The average Bonchev–Trinajstić information content (AvgIpc) is 1.59. The van der Waals surface area contributed by atoms with Crippen molar-refractivity contribution < 1.29 is 29.2 Å². The molecule has 28 heteroatoms. The number of rotatable bonds is 21. The minimum absolute atomic E-state index is 0.144. The monoisotopic (exact) mass is 1880 g/mol. The maximum Gasteiger partial charge on any atom is 0.167 e. The van der Waals surface area contributed by atoms with Gasteiger partial charge in [-0.15, -0.1) is 0 Å². The highest BCUT2D eigenvalue weighted by atomic mass is 35.5. The number of halogens is 8. The third-order valence-electron chi connectivity index (χ3n) is 26.1. The van der Waals surface area contributed by atoms with Gasteiger partial charge >= 0.3 is 0 Å². The van der Waals surface area contributed by atoms with Crippen LogP contribution in [0.4, 0.5) is 0 Å². The van der Waals surface area contributed by atoms with Crippen LogP contribution in [0, 0.1) is 0 Å². The molecule has 129 heavy (non-hydrogen) atoms. The van der Waals surface area contributed by atoms with E-state index in [-0.39, 0.29) is 12.2 Å². The van der Waals surface area contributed by atoms with Crippen LogP contribution in [0.15, 0.2) is 170 Å². The number of nitrogens with zero attached hydrogens (tertiary/aromatic N) is 3. The summed E-state index contributed by atoms with van der Waals surface area (Å²) in [5, 5.41) is 49.3. The number of aromatic nitrogens is 8. The number of hydrogen-bond donors (Lipinski definition) is 13. The number of ether oxygens (including phenoxy) is 4. The molecule has 0 radical (unpaired) electrons. The molecule has 4 saturated heterocycles. The van der Waals surface area contributed by atoms with Crippen molar-refractivity contribution in [3.05, 3.63) is 210 Å². The summed E-state index contributed by atoms with van der Waals surface area (Å²) in [4.78, 5) is 35.4. The third-order valence-corrected chi connectivity index (χ3v) is 28.0. The number of aliphatic hydroxyl groups excluding tert-OH is 2. The second-order valence-electron chi connectivity index (χ2n) is 34.8. The molecular formula is C101H96Cl8N14O6. The maximum atomic E-state index is 9.73. The first-order chi connectivity index (χ1) is 62.9. The number of H-pyrrole nitrogens is 8. The number of nitrogens with two attached hydrogens (primary N) is 1. The lowest BCUT2D eigenvalue weighted by Crippen LogP contribution is -2.50. The van der Waals surface area contributed by atoms with Gasteiger partial charge in [-0.1, -0.05) is 92.8 Å². The van der Waals surface area contributed by atoms with E-state index in [1.165, 1.54) is 12.8 Å². The average molecular weight is 1890 g/mol. The van der Waals surface area contributed by atoms with Gasteiger partial charge in [0, 0.05) is 235 Å². The highest BCUT2D eigenvalue weighted by Gasteiger charge is 2.28. The van der Waals surface area contributed by atoms with Crippen LogP contribution in [-0.4, -0.2) is 194 Å². The number of aromatic amines is 8. The predicted molar refractivity (Wildman–Crippen MR) is 538 cm³/mol. The molecule has 20 nitrogen and oxygen atoms in total. The number of fused-ring (bicyclic) bond motifs is 24. The van der Waals surface area contributed by atoms with Crippen molar-refractivity contribution in [3.8, 4) is 23.0 Å². The summed E-state index contributed by atoms with van der Waals surface area (Å²) in [7, 11) is 0. The van der Waals surface area contributed by atoms with Crippen molar-refractivity contribution in [3.63, 3.8) is 0 Å². The van der Waals surface area contributed by atoms with Crippen molar-refractivity contribution >= 4 is 267 Å². The Morgan fingerprint density at radius 3 is 0.814 bits per heavy atom. The second kappa shape index (κ2) is 36.8. The summed E-state index contributed by atoms with van der Waals surface area (Å²) >= 11 is 50.6. The molecular weight excluding hydrogens is 1790 g/mol. The molecule has 20 aromatic rings. The smallest absolute Gasteiger partial charge is 0.167 e. The SMILES string of the molecule is Clc1ccc2[nH]c3c(OCCCNC4CCNCC4)c4[nH]c5ccc(Cl)cc5c4cc3c2c1.NC1CCN(CCCOc2c3[nH]c4ccc(Cl)cc4c3cc3c2[nH]c2ccc(Cl)cc23)C1.OC1CCN(CCCOc2c3[nH]c4ccc(Cl)cc4c3cc3c2[nH]c2ccc(Cl)cc23)CC1.OC1CN(CCCOc2c3[nH]c4ccc(Cl)cc4c3cc3c2[nH]c2ccc(Cl)cc23)C1. The molecule has 4 fully saturated rings. The van der Waals surface area contributed by atoms with Gasteiger partial charge < -0.3 is 95.2 Å². The summed E-state index contributed by atoms with van der Waals surface area (Å²) in [6.07, 6.45) is 8.56. The molecule has 4 aliphatic rings. The zero-order chi connectivity index (χ0) is 87.8. The van der Waals surface area contributed by atoms with E-state index in [4.69, 9.17) is 117 Å². The van der Waals surface area contributed by atoms with Crippen molar-refractivity contribution in [2.24, 2.45) is 5.73 Å². The highest BCUT2D eigenvalue weighted by Crippen LogP contribution is 2.48. The zero-order valence-electron chi connectivity index (χ0n) is 70.6. The molecule has 24 rings (SSSR count). The molecule has 0 bridgehead atoms. The van der Waals surface area contributed by atoms with E-state index in [2.05, 4.69) is 89.5 Å². The Morgan fingerprint density at radius 2 is 0.550 bits per heavy atom. The van der Waals surface area contributed by atoms with E-state index in [9.17, 15) is 10.2 Å². The largest absolute Gasteiger partial charge is 0.489 e. The lowest BCUT2D eigenvalue weighted by atomic mass is 10.1. The van der Waals surface area contributed by atoms with Crippen molar-refractivity contribution in [2.45, 2.75) is 82.1 Å². The number of piperidine rings is 2. The highest BCUT2D eigenvalue weighted by molar-refractivity contribution is 6.37. The summed E-state index contributed by atoms with van der Waals surface area (Å²) in [6.45, 7) is 14.0. The standard InChI is InChI=1S/C26H26Cl2N4O.C26H25Cl2N3O2.C25H24Cl2N4O.C24H21Cl2N3O2/c27-15-2-4-22-18(12-15)20-14-21-19-13-16(28)3-5-23(19)32-25(21)26(24(20)31-22)33-11-1-8-30-17-6-9-29-10-7-17;27-15-2-4-22-18(12-15)20-14-21-19-13-16(28)3-5-23(19)30-25(21)26(24(20)29-22)33-11-1-8-31-9-6-17(32)7-10-31;26-14-2-4-21-17(10-14)19-12-20-18-11-15(27)3-5-22(18)30-24(20)25(23(19)29-21)32-9-1-7-31-8-6-16(28)13-31;25-13-2-4-20-16(8-13)18-10-19-17-9-14(26)3-5-21(17)28-23(19)24(22(18)27-20)31-7-1-6-29-11-15(30)12-29/h2-5,12-14,17,29-32H,1,6-11H2;2-5,12-14,17,29-30,32H,1,6-11H2;2-5,10-12,16,29-30H,1,6-9,13,28H2;2-5,8-10,15,27-28,30H,1,6-7,11-12H2. The van der Waals surface area contributed by atoms with Gasteiger partial charge in [-0.25, -0.2) is 0 Å². The second-order valence-corrected chi connectivity index (χ2v) is 38.3. The third kappa shape index (κ3) is 17.5. The van der Waals surface area contributed by atoms with Crippen LogP contribution in [0.3, 0.4) is 0 Å². The molecule has 8 aromatic heterocycles. The lowest BCUT2D eigenvalue weighted by molar-refractivity contribution is 0.0000884. The minimum atomic E-state index is -0.175. The Bertz CT molecular complexity index is 7280. The molecule has 4 aliphatic heterocycles. The van der Waals surface area contributed by atoms with E-state index in [0.29, 0.717) is 68.6 Å². The molecule has 12 heterocycles. The lowest BCUT2D eigenvalue weighted by Gasteiger charge is -2.35. The van der Waals surface area contributed by atoms with Crippen molar-refractivity contribution in [1.29, 1.82) is 0 Å². The molecule has 14 N–H and O–H groups in total. The molecule has 0 aliphatic carbocycles. The van der Waals surface area contributed by atoms with Crippen LogP contribution in [0.1, 0.15) is 57.8 Å². The summed E-state index contributed by atoms with van der Waals surface area (Å²) in [6, 6.07) is 57.0. The number of nitrogens with one attached hydrogen (secondary N) is 10. The summed E-state index contributed by atoms with van der Waals surface area (Å²) in [5.41, 5.74) is 22.1. The number of β-amino-alcohol motifs (C(OH)–C–C–N with tert-alkyl or cyclic N) is 1. The van der Waals surface area contributed by atoms with E-state index >= 15 is 0 Å². The Morgan fingerprint density at radius 1 is 0.295 bits per heavy atom. The van der Waals surface area contributed by atoms with Gasteiger partial charge in [-0.2, -0.15) is 0 Å². The molecule has 0 spiro atoms. The van der Waals surface area contributed by atoms with Crippen LogP contribution >= 0.6 is 92.8 Å². The van der Waals surface area contributed by atoms with Crippen molar-refractivity contribution in [2.75, 3.05) is 105 Å². The Kier molecular flexibility index (Phi) is 24.5.